The number of aromatic nitrogens is 2. The predicted octanol–water partition coefficient (Wildman–Crippen LogP) is 2.67. The molecule has 1 fully saturated rings. The van der Waals surface area contributed by atoms with Crippen molar-refractivity contribution in [1.29, 1.82) is 0 Å². The Bertz CT molecular complexity index is 1100. The molecular formula is C20H22N4O4S. The van der Waals surface area contributed by atoms with E-state index in [9.17, 15) is 8.42 Å². The van der Waals surface area contributed by atoms with E-state index >= 15 is 0 Å². The molecule has 2 aromatic carbocycles. The van der Waals surface area contributed by atoms with E-state index in [0.717, 1.165) is 0 Å². The Hall–Kier alpha value is -2.91. The lowest BCUT2D eigenvalue weighted by atomic mass is 10.3. The summed E-state index contributed by atoms with van der Waals surface area (Å²) in [7, 11) is -3.84. The van der Waals surface area contributed by atoms with E-state index in [1.165, 1.54) is 12.1 Å². The zero-order valence-corrected chi connectivity index (χ0v) is 16.9. The minimum absolute atomic E-state index is 0.129. The highest BCUT2D eigenvalue weighted by atomic mass is 32.2. The molecule has 0 atom stereocenters. The topological polar surface area (TPSA) is 93.7 Å². The number of benzene rings is 2. The lowest BCUT2D eigenvalue weighted by molar-refractivity contribution is 0.122. The van der Waals surface area contributed by atoms with Gasteiger partial charge in [-0.2, -0.15) is 0 Å². The second-order valence-electron chi connectivity index (χ2n) is 6.49. The van der Waals surface area contributed by atoms with E-state index in [0.29, 0.717) is 55.5 Å². The average Bonchev–Trinajstić information content (AvgIpc) is 2.74. The number of rotatable bonds is 6. The van der Waals surface area contributed by atoms with Crippen LogP contribution in [0.25, 0.3) is 11.0 Å². The summed E-state index contributed by atoms with van der Waals surface area (Å²) in [5.41, 5.74) is 1.33. The highest BCUT2D eigenvalue weighted by Gasteiger charge is 2.23. The lowest BCUT2D eigenvalue weighted by Crippen LogP contribution is -2.37. The van der Waals surface area contributed by atoms with E-state index < -0.39 is 10.0 Å². The van der Waals surface area contributed by atoms with E-state index in [2.05, 4.69) is 14.7 Å². The molecule has 1 aromatic heterocycles. The first-order valence-electron chi connectivity index (χ1n) is 9.42. The molecule has 1 aliphatic rings. The second kappa shape index (κ2) is 8.22. The Morgan fingerprint density at radius 1 is 1.03 bits per heavy atom. The first-order valence-corrected chi connectivity index (χ1v) is 10.9. The smallest absolute Gasteiger partial charge is 0.263 e. The van der Waals surface area contributed by atoms with Crippen molar-refractivity contribution in [2.45, 2.75) is 11.8 Å². The van der Waals surface area contributed by atoms with Gasteiger partial charge in [-0.1, -0.05) is 12.1 Å². The quantitative estimate of drug-likeness (QED) is 0.663. The Morgan fingerprint density at radius 2 is 1.69 bits per heavy atom. The molecule has 4 rings (SSSR count). The third kappa shape index (κ3) is 4.25. The molecule has 0 bridgehead atoms. The fourth-order valence-electron chi connectivity index (χ4n) is 3.12. The molecule has 1 N–H and O–H groups in total. The van der Waals surface area contributed by atoms with Gasteiger partial charge in [0.05, 0.1) is 35.7 Å². The van der Waals surface area contributed by atoms with Crippen LogP contribution in [0.15, 0.2) is 53.4 Å². The van der Waals surface area contributed by atoms with Crippen molar-refractivity contribution in [3.05, 3.63) is 48.5 Å². The minimum atomic E-state index is -3.84. The van der Waals surface area contributed by atoms with Gasteiger partial charge in [0, 0.05) is 13.1 Å². The van der Waals surface area contributed by atoms with Gasteiger partial charge in [-0.05, 0) is 43.3 Å². The molecule has 0 radical (unpaired) electrons. The summed E-state index contributed by atoms with van der Waals surface area (Å²) in [6, 6.07) is 13.7. The number of ether oxygens (including phenoxy) is 2. The number of hydrogen-bond donors (Lipinski definition) is 1. The van der Waals surface area contributed by atoms with Crippen LogP contribution in [0.4, 0.5) is 11.6 Å². The van der Waals surface area contributed by atoms with Crippen molar-refractivity contribution in [1.82, 2.24) is 9.97 Å². The van der Waals surface area contributed by atoms with Crippen molar-refractivity contribution in [3.63, 3.8) is 0 Å². The van der Waals surface area contributed by atoms with Gasteiger partial charge in [0.25, 0.3) is 10.0 Å². The van der Waals surface area contributed by atoms with Gasteiger partial charge in [0.2, 0.25) is 0 Å². The van der Waals surface area contributed by atoms with Crippen LogP contribution in [0, 0.1) is 0 Å². The first-order chi connectivity index (χ1) is 14.1. The Morgan fingerprint density at radius 3 is 2.34 bits per heavy atom. The van der Waals surface area contributed by atoms with Gasteiger partial charge in [-0.15, -0.1) is 0 Å². The number of fused-ring (bicyclic) bond motifs is 1. The van der Waals surface area contributed by atoms with E-state index in [4.69, 9.17) is 9.47 Å². The van der Waals surface area contributed by atoms with Crippen LogP contribution in [0.2, 0.25) is 0 Å². The lowest BCUT2D eigenvalue weighted by Gasteiger charge is -2.29. The van der Waals surface area contributed by atoms with Crippen LogP contribution < -0.4 is 14.4 Å². The molecule has 0 spiro atoms. The number of nitrogens with zero attached hydrogens (tertiary/aromatic N) is 3. The largest absolute Gasteiger partial charge is 0.494 e. The molecule has 29 heavy (non-hydrogen) atoms. The van der Waals surface area contributed by atoms with Crippen LogP contribution in [-0.2, 0) is 14.8 Å². The van der Waals surface area contributed by atoms with Crippen molar-refractivity contribution in [2.24, 2.45) is 0 Å². The first kappa shape index (κ1) is 19.4. The summed E-state index contributed by atoms with van der Waals surface area (Å²) in [6.45, 7) is 4.73. The summed E-state index contributed by atoms with van der Waals surface area (Å²) >= 11 is 0. The fraction of sp³-hybridized carbons (Fsp3) is 0.300. The Kier molecular flexibility index (Phi) is 5.50. The Labute approximate surface area is 169 Å². The van der Waals surface area contributed by atoms with Crippen LogP contribution >= 0.6 is 0 Å². The zero-order chi connectivity index (χ0) is 20.3. The third-order valence-electron chi connectivity index (χ3n) is 4.54. The molecule has 152 valence electrons. The molecule has 1 aliphatic heterocycles. The van der Waals surface area contributed by atoms with Gasteiger partial charge in [-0.3, -0.25) is 4.72 Å². The summed E-state index contributed by atoms with van der Waals surface area (Å²) in [6.07, 6.45) is 0. The minimum Gasteiger partial charge on any atom is -0.494 e. The number of para-hydroxylation sites is 2. The van der Waals surface area contributed by atoms with Crippen molar-refractivity contribution < 1.29 is 17.9 Å². The zero-order valence-electron chi connectivity index (χ0n) is 16.0. The van der Waals surface area contributed by atoms with Crippen LogP contribution in [0.1, 0.15) is 6.92 Å². The molecule has 9 heteroatoms. The summed E-state index contributed by atoms with van der Waals surface area (Å²) in [4.78, 5) is 11.3. The average molecular weight is 414 g/mol. The maximum Gasteiger partial charge on any atom is 0.263 e. The SMILES string of the molecule is CCOc1ccc(S(=O)(=O)Nc2nc3ccccc3nc2N2CCOCC2)cc1. The molecule has 3 aromatic rings. The normalized spacial score (nSPS) is 14.7. The molecular weight excluding hydrogens is 392 g/mol. The highest BCUT2D eigenvalue weighted by molar-refractivity contribution is 7.92. The van der Waals surface area contributed by atoms with E-state index in [1.807, 2.05) is 30.0 Å². The number of nitrogens with one attached hydrogen (secondary N) is 1. The summed E-state index contributed by atoms with van der Waals surface area (Å²) < 4.78 is 39.4. The van der Waals surface area contributed by atoms with Gasteiger partial charge in [0.15, 0.2) is 11.6 Å². The van der Waals surface area contributed by atoms with Crippen LogP contribution in [0.5, 0.6) is 5.75 Å². The van der Waals surface area contributed by atoms with Gasteiger partial charge in [0.1, 0.15) is 5.75 Å². The molecule has 1 saturated heterocycles. The molecule has 8 nitrogen and oxygen atoms in total. The molecule has 0 aliphatic carbocycles. The maximum absolute atomic E-state index is 13.0. The number of sulfonamides is 1. The Balaban J connectivity index is 1.71. The monoisotopic (exact) mass is 414 g/mol. The summed E-state index contributed by atoms with van der Waals surface area (Å²) in [5.74, 6) is 1.33. The third-order valence-corrected chi connectivity index (χ3v) is 5.89. The fourth-order valence-corrected chi connectivity index (χ4v) is 4.13. The van der Waals surface area contributed by atoms with Gasteiger partial charge >= 0.3 is 0 Å². The van der Waals surface area contributed by atoms with Crippen molar-refractivity contribution in [3.8, 4) is 5.75 Å². The van der Waals surface area contributed by atoms with E-state index in [-0.39, 0.29) is 10.7 Å². The molecule has 0 saturated carbocycles. The standard InChI is InChI=1S/C20H22N4O4S/c1-2-28-15-7-9-16(10-8-15)29(25,26)23-19-20(24-11-13-27-14-12-24)22-18-6-4-3-5-17(18)21-19/h3-10H,2,11-14H2,1H3,(H,21,23). The molecule has 0 amide bonds. The number of hydrogen-bond acceptors (Lipinski definition) is 7. The second-order valence-corrected chi connectivity index (χ2v) is 8.18. The van der Waals surface area contributed by atoms with Crippen LogP contribution in [0.3, 0.4) is 0 Å². The number of morpholine rings is 1. The number of anilines is 2. The summed E-state index contributed by atoms with van der Waals surface area (Å²) in [5, 5.41) is 0. The van der Waals surface area contributed by atoms with Gasteiger partial charge < -0.3 is 14.4 Å². The van der Waals surface area contributed by atoms with Crippen molar-refractivity contribution in [2.75, 3.05) is 42.5 Å². The van der Waals surface area contributed by atoms with E-state index in [1.54, 1.807) is 18.2 Å². The van der Waals surface area contributed by atoms with Gasteiger partial charge in [-0.25, -0.2) is 18.4 Å². The predicted molar refractivity (Wildman–Crippen MR) is 111 cm³/mol. The van der Waals surface area contributed by atoms with Crippen LogP contribution in [-0.4, -0.2) is 51.3 Å². The maximum atomic E-state index is 13.0. The highest BCUT2D eigenvalue weighted by Crippen LogP contribution is 2.28. The molecule has 0 unspecified atom stereocenters. The molecule has 2 heterocycles. The van der Waals surface area contributed by atoms with Crippen molar-refractivity contribution >= 4 is 32.7 Å².